The fraction of sp³-hybridized carbons (Fsp3) is 0.824. The summed E-state index contributed by atoms with van der Waals surface area (Å²) in [6.45, 7) is 10.4. The number of esters is 2. The Morgan fingerprint density at radius 2 is 1.50 bits per heavy atom. The number of nitrogens with one attached hydrogen (secondary N) is 1. The van der Waals surface area contributed by atoms with Crippen LogP contribution in [0.15, 0.2) is 0 Å². The summed E-state index contributed by atoms with van der Waals surface area (Å²) in [5.41, 5.74) is -2.12. The van der Waals surface area contributed by atoms with Gasteiger partial charge in [-0.15, -0.1) is 0 Å². The Morgan fingerprint density at radius 3 is 1.88 bits per heavy atom. The largest absolute Gasteiger partial charge is 0.469 e. The van der Waals surface area contributed by atoms with Crippen molar-refractivity contribution in [2.45, 2.75) is 78.0 Å². The molecule has 7 heteroatoms. The highest BCUT2D eigenvalue weighted by molar-refractivity contribution is 5.85. The summed E-state index contributed by atoms with van der Waals surface area (Å²) in [5.74, 6) is -0.967. The topological polar surface area (TPSA) is 90.9 Å². The Hall–Kier alpha value is -1.79. The van der Waals surface area contributed by atoms with Gasteiger partial charge in [0.05, 0.1) is 12.5 Å². The van der Waals surface area contributed by atoms with Gasteiger partial charge in [0.25, 0.3) is 0 Å². The fourth-order valence-electron chi connectivity index (χ4n) is 2.27. The minimum atomic E-state index is -0.972. The van der Waals surface area contributed by atoms with Gasteiger partial charge < -0.3 is 19.5 Å². The molecule has 138 valence electrons. The molecular weight excluding hydrogens is 314 g/mol. The first kappa shape index (κ1) is 20.3. The lowest BCUT2D eigenvalue weighted by Gasteiger charge is -2.27. The predicted molar refractivity (Wildman–Crippen MR) is 87.3 cm³/mol. The number of alkyl carbamates (subject to hydrolysis) is 1. The van der Waals surface area contributed by atoms with Gasteiger partial charge in [0.2, 0.25) is 0 Å². The number of hydrogen-bond acceptors (Lipinski definition) is 6. The molecule has 0 aromatic rings. The van der Waals surface area contributed by atoms with E-state index >= 15 is 0 Å². The highest BCUT2D eigenvalue weighted by atomic mass is 16.6. The van der Waals surface area contributed by atoms with Crippen LogP contribution in [0.4, 0.5) is 4.79 Å². The minimum absolute atomic E-state index is 0.133. The quantitative estimate of drug-likeness (QED) is 0.609. The zero-order valence-electron chi connectivity index (χ0n) is 15.6. The second-order valence-corrected chi connectivity index (χ2v) is 8.21. The summed E-state index contributed by atoms with van der Waals surface area (Å²) in [7, 11) is 1.31. The minimum Gasteiger partial charge on any atom is -0.469 e. The maximum atomic E-state index is 12.4. The molecule has 0 aromatic heterocycles. The Morgan fingerprint density at radius 1 is 1.00 bits per heavy atom. The summed E-state index contributed by atoms with van der Waals surface area (Å²) in [6, 6.07) is -0.972. The Labute approximate surface area is 143 Å². The van der Waals surface area contributed by atoms with E-state index in [1.165, 1.54) is 7.11 Å². The van der Waals surface area contributed by atoms with Crippen molar-refractivity contribution in [2.24, 2.45) is 5.41 Å². The first-order chi connectivity index (χ1) is 10.8. The number of carbonyl (C=O) groups is 3. The van der Waals surface area contributed by atoms with Crippen LogP contribution in [0.25, 0.3) is 0 Å². The third kappa shape index (κ3) is 6.37. The number of ether oxygens (including phenoxy) is 3. The molecule has 7 nitrogen and oxygen atoms in total. The van der Waals surface area contributed by atoms with Crippen LogP contribution in [0.3, 0.4) is 0 Å². The van der Waals surface area contributed by atoms with Crippen LogP contribution < -0.4 is 5.32 Å². The van der Waals surface area contributed by atoms with Gasteiger partial charge in [-0.25, -0.2) is 9.59 Å². The molecule has 1 aliphatic carbocycles. The molecule has 1 saturated carbocycles. The Kier molecular flexibility index (Phi) is 5.90. The molecule has 1 amide bonds. The molecule has 0 unspecified atom stereocenters. The lowest BCUT2D eigenvalue weighted by atomic mass is 9.96. The molecule has 1 aliphatic rings. The van der Waals surface area contributed by atoms with Crippen molar-refractivity contribution in [1.82, 2.24) is 5.32 Å². The van der Waals surface area contributed by atoms with Gasteiger partial charge in [0.1, 0.15) is 17.2 Å². The average molecular weight is 343 g/mol. The van der Waals surface area contributed by atoms with E-state index in [4.69, 9.17) is 14.2 Å². The van der Waals surface area contributed by atoms with Gasteiger partial charge in [-0.05, 0) is 60.8 Å². The Balaban J connectivity index is 2.86. The van der Waals surface area contributed by atoms with Gasteiger partial charge in [-0.3, -0.25) is 4.79 Å². The predicted octanol–water partition coefficient (Wildman–Crippen LogP) is 2.56. The zero-order chi connectivity index (χ0) is 18.8. The molecule has 24 heavy (non-hydrogen) atoms. The van der Waals surface area contributed by atoms with Crippen LogP contribution in [0.2, 0.25) is 0 Å². The molecule has 0 saturated heterocycles. The van der Waals surface area contributed by atoms with Crippen molar-refractivity contribution < 1.29 is 28.6 Å². The normalized spacial score (nSPS) is 17.5. The number of methoxy groups -OCH3 is 1. The molecule has 1 N–H and O–H groups in total. The van der Waals surface area contributed by atoms with E-state index in [1.54, 1.807) is 41.5 Å². The lowest BCUT2D eigenvalue weighted by molar-refractivity contribution is -0.159. The third-order valence-corrected chi connectivity index (χ3v) is 3.45. The van der Waals surface area contributed by atoms with Crippen LogP contribution in [0.1, 0.15) is 60.8 Å². The fourth-order valence-corrected chi connectivity index (χ4v) is 2.27. The first-order valence-electron chi connectivity index (χ1n) is 8.09. The van der Waals surface area contributed by atoms with Gasteiger partial charge in [-0.2, -0.15) is 0 Å². The third-order valence-electron chi connectivity index (χ3n) is 3.45. The van der Waals surface area contributed by atoms with E-state index in [9.17, 15) is 14.4 Å². The van der Waals surface area contributed by atoms with Crippen molar-refractivity contribution in [3.05, 3.63) is 0 Å². The molecular formula is C17H29NO6. The summed E-state index contributed by atoms with van der Waals surface area (Å²) in [5, 5.41) is 2.53. The number of carbonyl (C=O) groups excluding carboxylic acids is 3. The molecule has 0 aliphatic heterocycles. The molecule has 0 aromatic carbocycles. The van der Waals surface area contributed by atoms with Gasteiger partial charge >= 0.3 is 18.0 Å². The van der Waals surface area contributed by atoms with Crippen molar-refractivity contribution >= 4 is 18.0 Å². The molecule has 1 atom stereocenters. The molecule has 0 spiro atoms. The van der Waals surface area contributed by atoms with Gasteiger partial charge in [0.15, 0.2) is 0 Å². The van der Waals surface area contributed by atoms with E-state index in [2.05, 4.69) is 5.32 Å². The highest BCUT2D eigenvalue weighted by Crippen LogP contribution is 2.50. The smallest absolute Gasteiger partial charge is 0.408 e. The number of amides is 1. The second kappa shape index (κ2) is 6.99. The summed E-state index contributed by atoms with van der Waals surface area (Å²) in [6.07, 6.45) is 0.650. The van der Waals surface area contributed by atoms with Crippen LogP contribution in [0.5, 0.6) is 0 Å². The van der Waals surface area contributed by atoms with E-state index in [0.717, 1.165) is 0 Å². The van der Waals surface area contributed by atoms with Crippen LogP contribution >= 0.6 is 0 Å². The molecule has 0 bridgehead atoms. The van der Waals surface area contributed by atoms with Crippen LogP contribution in [-0.4, -0.2) is 42.4 Å². The molecule has 0 radical (unpaired) electrons. The van der Waals surface area contributed by atoms with Crippen LogP contribution in [-0.2, 0) is 23.8 Å². The first-order valence-corrected chi connectivity index (χ1v) is 8.09. The van der Waals surface area contributed by atoms with Gasteiger partial charge in [0, 0.05) is 0 Å². The summed E-state index contributed by atoms with van der Waals surface area (Å²) in [4.78, 5) is 36.4. The summed E-state index contributed by atoms with van der Waals surface area (Å²) < 4.78 is 15.4. The monoisotopic (exact) mass is 343 g/mol. The van der Waals surface area contributed by atoms with Crippen molar-refractivity contribution in [2.75, 3.05) is 7.11 Å². The second-order valence-electron chi connectivity index (χ2n) is 8.21. The SMILES string of the molecule is COC(=O)C1(C[C@H](NC(=O)OC(C)(C)C)C(=O)OC(C)(C)C)CC1. The average Bonchev–Trinajstić information content (AvgIpc) is 3.13. The van der Waals surface area contributed by atoms with Crippen molar-refractivity contribution in [1.29, 1.82) is 0 Å². The maximum Gasteiger partial charge on any atom is 0.408 e. The van der Waals surface area contributed by atoms with Gasteiger partial charge in [-0.1, -0.05) is 0 Å². The lowest BCUT2D eigenvalue weighted by Crippen LogP contribution is -2.47. The van der Waals surface area contributed by atoms with Crippen LogP contribution in [0, 0.1) is 5.41 Å². The van der Waals surface area contributed by atoms with E-state index in [0.29, 0.717) is 12.8 Å². The molecule has 1 fully saturated rings. The molecule has 0 heterocycles. The van der Waals surface area contributed by atoms with E-state index < -0.39 is 34.7 Å². The van der Waals surface area contributed by atoms with Crippen molar-refractivity contribution in [3.63, 3.8) is 0 Å². The summed E-state index contributed by atoms with van der Waals surface area (Å²) >= 11 is 0. The highest BCUT2D eigenvalue weighted by Gasteiger charge is 2.53. The van der Waals surface area contributed by atoms with E-state index in [-0.39, 0.29) is 12.4 Å². The standard InChI is InChI=1S/C17H29NO6/c1-15(2,3)23-12(19)11(18-14(21)24-16(4,5)6)10-17(8-9-17)13(20)22-7/h11H,8-10H2,1-7H3,(H,18,21)/t11-/m0/s1. The van der Waals surface area contributed by atoms with E-state index in [1.807, 2.05) is 0 Å². The number of hydrogen-bond donors (Lipinski definition) is 1. The Bertz CT molecular complexity index is 496. The van der Waals surface area contributed by atoms with Crippen molar-refractivity contribution in [3.8, 4) is 0 Å². The maximum absolute atomic E-state index is 12.4. The molecule has 1 rings (SSSR count). The zero-order valence-corrected chi connectivity index (χ0v) is 15.6. The number of rotatable bonds is 5.